The normalized spacial score (nSPS) is 21.1. The highest BCUT2D eigenvalue weighted by atomic mass is 16.2. The van der Waals surface area contributed by atoms with Crippen LogP contribution < -0.4 is 15.5 Å². The Bertz CT molecular complexity index is 617. The molecule has 6 heteroatoms. The zero-order valence-corrected chi connectivity index (χ0v) is 13.8. The van der Waals surface area contributed by atoms with Gasteiger partial charge in [0.05, 0.1) is 6.54 Å². The third-order valence-corrected chi connectivity index (χ3v) is 4.58. The van der Waals surface area contributed by atoms with E-state index in [1.54, 1.807) is 7.05 Å². The molecule has 124 valence electrons. The van der Waals surface area contributed by atoms with Gasteiger partial charge >= 0.3 is 0 Å². The van der Waals surface area contributed by atoms with Crippen LogP contribution in [0.4, 0.5) is 5.69 Å². The number of carbonyl (C=O) groups excluding carboxylic acids is 2. The van der Waals surface area contributed by atoms with Gasteiger partial charge in [0.25, 0.3) is 5.91 Å². The second-order valence-electron chi connectivity index (χ2n) is 6.31. The van der Waals surface area contributed by atoms with Crippen molar-refractivity contribution in [1.29, 1.82) is 0 Å². The molecule has 1 fully saturated rings. The Hall–Kier alpha value is -1.92. The van der Waals surface area contributed by atoms with Gasteiger partial charge in [-0.1, -0.05) is 6.07 Å². The minimum Gasteiger partial charge on any atom is -0.355 e. The number of benzene rings is 1. The van der Waals surface area contributed by atoms with Crippen LogP contribution in [-0.4, -0.2) is 62.5 Å². The number of carbonyl (C=O) groups is 2. The van der Waals surface area contributed by atoms with Gasteiger partial charge in [-0.15, -0.1) is 0 Å². The first-order valence-electron chi connectivity index (χ1n) is 8.19. The molecule has 2 aliphatic rings. The quantitative estimate of drug-likeness (QED) is 0.838. The van der Waals surface area contributed by atoms with Gasteiger partial charge in [-0.25, -0.2) is 0 Å². The Balaban J connectivity index is 1.73. The van der Waals surface area contributed by atoms with Crippen LogP contribution in [0, 0.1) is 0 Å². The van der Waals surface area contributed by atoms with Crippen LogP contribution in [0.1, 0.15) is 22.8 Å². The lowest BCUT2D eigenvalue weighted by Gasteiger charge is -2.32. The average molecular weight is 316 g/mol. The van der Waals surface area contributed by atoms with Crippen LogP contribution in [0.5, 0.6) is 0 Å². The van der Waals surface area contributed by atoms with Crippen molar-refractivity contribution in [2.45, 2.75) is 19.4 Å². The van der Waals surface area contributed by atoms with Crippen molar-refractivity contribution in [1.82, 2.24) is 15.5 Å². The molecule has 1 atom stereocenters. The van der Waals surface area contributed by atoms with Crippen LogP contribution in [0.15, 0.2) is 18.2 Å². The standard InChI is InChI=1S/C17H24N4O2/c1-12-10-20(8-6-19-12)11-16(22)21-7-5-13-3-4-14(9-15(13)21)17(23)18-2/h3-4,9,12,19H,5-8,10-11H2,1-2H3,(H,18,23). The summed E-state index contributed by atoms with van der Waals surface area (Å²) < 4.78 is 0. The van der Waals surface area contributed by atoms with Gasteiger partial charge in [0.15, 0.2) is 0 Å². The van der Waals surface area contributed by atoms with Gasteiger partial charge in [-0.2, -0.15) is 0 Å². The number of nitrogens with one attached hydrogen (secondary N) is 2. The number of piperazine rings is 1. The van der Waals surface area contributed by atoms with Crippen molar-refractivity contribution in [2.75, 3.05) is 44.7 Å². The molecule has 2 amide bonds. The van der Waals surface area contributed by atoms with E-state index in [4.69, 9.17) is 0 Å². The Kier molecular flexibility index (Phi) is 4.63. The van der Waals surface area contributed by atoms with Gasteiger partial charge in [-0.3, -0.25) is 14.5 Å². The summed E-state index contributed by atoms with van der Waals surface area (Å²) in [6.45, 7) is 5.99. The van der Waals surface area contributed by atoms with Gasteiger partial charge < -0.3 is 15.5 Å². The predicted molar refractivity (Wildman–Crippen MR) is 89.8 cm³/mol. The summed E-state index contributed by atoms with van der Waals surface area (Å²) in [6, 6.07) is 6.03. The van der Waals surface area contributed by atoms with Gasteiger partial charge in [0.2, 0.25) is 5.91 Å². The zero-order valence-electron chi connectivity index (χ0n) is 13.8. The number of anilines is 1. The molecule has 6 nitrogen and oxygen atoms in total. The van der Waals surface area contributed by atoms with E-state index in [2.05, 4.69) is 22.5 Å². The number of rotatable bonds is 3. The number of hydrogen-bond acceptors (Lipinski definition) is 4. The fourth-order valence-electron chi connectivity index (χ4n) is 3.36. The third kappa shape index (κ3) is 3.38. The second-order valence-corrected chi connectivity index (χ2v) is 6.31. The molecule has 1 aromatic carbocycles. The van der Waals surface area contributed by atoms with E-state index in [0.29, 0.717) is 24.7 Å². The summed E-state index contributed by atoms with van der Waals surface area (Å²) >= 11 is 0. The van der Waals surface area contributed by atoms with Gasteiger partial charge in [0, 0.05) is 50.5 Å². The number of amides is 2. The molecule has 0 bridgehead atoms. The van der Waals surface area contributed by atoms with Crippen molar-refractivity contribution in [3.8, 4) is 0 Å². The van der Waals surface area contributed by atoms with Crippen molar-refractivity contribution in [3.63, 3.8) is 0 Å². The first kappa shape index (κ1) is 16.0. The molecule has 1 unspecified atom stereocenters. The first-order valence-corrected chi connectivity index (χ1v) is 8.19. The highest BCUT2D eigenvalue weighted by Gasteiger charge is 2.27. The molecule has 0 radical (unpaired) electrons. The molecule has 2 heterocycles. The fraction of sp³-hybridized carbons (Fsp3) is 0.529. The van der Waals surface area contributed by atoms with Crippen molar-refractivity contribution >= 4 is 17.5 Å². The highest BCUT2D eigenvalue weighted by molar-refractivity contribution is 6.00. The van der Waals surface area contributed by atoms with E-state index in [1.807, 2.05) is 23.1 Å². The van der Waals surface area contributed by atoms with Crippen LogP contribution in [-0.2, 0) is 11.2 Å². The molecule has 0 aliphatic carbocycles. The summed E-state index contributed by atoms with van der Waals surface area (Å²) in [6.07, 6.45) is 0.854. The first-order chi connectivity index (χ1) is 11.1. The molecular weight excluding hydrogens is 292 g/mol. The maximum absolute atomic E-state index is 12.7. The Labute approximate surface area is 136 Å². The predicted octanol–water partition coefficient (Wildman–Crippen LogP) is 0.229. The lowest BCUT2D eigenvalue weighted by Crippen LogP contribution is -2.52. The van der Waals surface area contributed by atoms with Crippen molar-refractivity contribution in [2.24, 2.45) is 0 Å². The van der Waals surface area contributed by atoms with Crippen LogP contribution in [0.2, 0.25) is 0 Å². The topological polar surface area (TPSA) is 64.7 Å². The van der Waals surface area contributed by atoms with Crippen LogP contribution in [0.3, 0.4) is 0 Å². The van der Waals surface area contributed by atoms with Gasteiger partial charge in [0.1, 0.15) is 0 Å². The summed E-state index contributed by atoms with van der Waals surface area (Å²) in [5.74, 6) is -0.00469. The molecule has 1 aromatic rings. The van der Waals surface area contributed by atoms with E-state index < -0.39 is 0 Å². The number of fused-ring (bicyclic) bond motifs is 1. The highest BCUT2D eigenvalue weighted by Crippen LogP contribution is 2.29. The molecule has 0 saturated carbocycles. The van der Waals surface area contributed by atoms with Gasteiger partial charge in [-0.05, 0) is 31.0 Å². The fourth-order valence-corrected chi connectivity index (χ4v) is 3.36. The minimum absolute atomic E-state index is 0.118. The third-order valence-electron chi connectivity index (χ3n) is 4.58. The summed E-state index contributed by atoms with van der Waals surface area (Å²) in [4.78, 5) is 28.5. The monoisotopic (exact) mass is 316 g/mol. The summed E-state index contributed by atoms with van der Waals surface area (Å²) in [7, 11) is 1.62. The molecule has 2 N–H and O–H groups in total. The SMILES string of the molecule is CNC(=O)c1ccc2c(c1)N(C(=O)CN1CCNC(C)C1)CC2. The molecule has 3 rings (SSSR count). The molecular formula is C17H24N4O2. The number of nitrogens with zero attached hydrogens (tertiary/aromatic N) is 2. The largest absolute Gasteiger partial charge is 0.355 e. The molecule has 23 heavy (non-hydrogen) atoms. The Morgan fingerprint density at radius 2 is 2.17 bits per heavy atom. The molecule has 1 saturated heterocycles. The smallest absolute Gasteiger partial charge is 0.251 e. The Morgan fingerprint density at radius 3 is 2.91 bits per heavy atom. The van der Waals surface area contributed by atoms with Crippen LogP contribution >= 0.6 is 0 Å². The minimum atomic E-state index is -0.122. The summed E-state index contributed by atoms with van der Waals surface area (Å²) in [5, 5.41) is 6.02. The molecule has 0 aromatic heterocycles. The average Bonchev–Trinajstić information content (AvgIpc) is 2.97. The molecule has 0 spiro atoms. The molecule has 2 aliphatic heterocycles. The van der Waals surface area contributed by atoms with E-state index in [1.165, 1.54) is 0 Å². The van der Waals surface area contributed by atoms with E-state index in [9.17, 15) is 9.59 Å². The van der Waals surface area contributed by atoms with Crippen molar-refractivity contribution in [3.05, 3.63) is 29.3 Å². The van der Waals surface area contributed by atoms with Crippen molar-refractivity contribution < 1.29 is 9.59 Å². The van der Waals surface area contributed by atoms with E-state index in [-0.39, 0.29) is 11.8 Å². The maximum atomic E-state index is 12.7. The summed E-state index contributed by atoms with van der Waals surface area (Å²) in [5.41, 5.74) is 2.63. The maximum Gasteiger partial charge on any atom is 0.251 e. The van der Waals surface area contributed by atoms with E-state index >= 15 is 0 Å². The Morgan fingerprint density at radius 1 is 1.35 bits per heavy atom. The van der Waals surface area contributed by atoms with Crippen LogP contribution in [0.25, 0.3) is 0 Å². The second kappa shape index (κ2) is 6.68. The van der Waals surface area contributed by atoms with E-state index in [0.717, 1.165) is 37.3 Å². The zero-order chi connectivity index (χ0) is 16.4. The number of hydrogen-bond donors (Lipinski definition) is 2. The lowest BCUT2D eigenvalue weighted by atomic mass is 10.1. The lowest BCUT2D eigenvalue weighted by molar-refractivity contribution is -0.119.